The monoisotopic (exact) mass is 139 g/mol. The number of nitrogens with two attached hydrogens (primary N) is 1. The molecule has 0 unspecified atom stereocenters. The van der Waals surface area contributed by atoms with E-state index in [0.717, 1.165) is 11.8 Å². The molecule has 0 aromatic rings. The van der Waals surface area contributed by atoms with Crippen molar-refractivity contribution < 1.29 is 0 Å². The second-order valence-electron chi connectivity index (χ2n) is 4.04. The van der Waals surface area contributed by atoms with Crippen molar-refractivity contribution in [3.05, 3.63) is 0 Å². The number of hydrogen-bond donors (Lipinski definition) is 1. The molecule has 1 heteroatoms. The van der Waals surface area contributed by atoms with Gasteiger partial charge in [0.1, 0.15) is 0 Å². The Kier molecular flexibility index (Phi) is 1.69. The predicted octanol–water partition coefficient (Wildman–Crippen LogP) is 1.91. The normalized spacial score (nSPS) is 41.7. The molecular formula is C9H17N. The minimum Gasteiger partial charge on any atom is -0.328 e. The van der Waals surface area contributed by atoms with E-state index in [9.17, 15) is 0 Å². The molecule has 2 rings (SSSR count). The van der Waals surface area contributed by atoms with Gasteiger partial charge in [-0.25, -0.2) is 0 Å². The molecule has 0 saturated heterocycles. The fraction of sp³-hybridized carbons (Fsp3) is 1.00. The minimum absolute atomic E-state index is 0.561. The Bertz CT molecular complexity index is 110. The third-order valence-electron chi connectivity index (χ3n) is 3.28. The lowest BCUT2D eigenvalue weighted by atomic mass is 9.72. The summed E-state index contributed by atoms with van der Waals surface area (Å²) in [6, 6.07) is 0.561. The number of hydrogen-bond acceptors (Lipinski definition) is 1. The van der Waals surface area contributed by atoms with E-state index < -0.39 is 0 Å². The van der Waals surface area contributed by atoms with Crippen LogP contribution in [0.1, 0.15) is 38.5 Å². The smallest absolute Gasteiger partial charge is 0.00443 e. The average molecular weight is 139 g/mol. The highest BCUT2D eigenvalue weighted by atomic mass is 14.7. The van der Waals surface area contributed by atoms with Crippen molar-refractivity contribution in [3.63, 3.8) is 0 Å². The summed E-state index contributed by atoms with van der Waals surface area (Å²) in [7, 11) is 0. The van der Waals surface area contributed by atoms with Crippen molar-refractivity contribution in [2.75, 3.05) is 0 Å². The molecule has 2 aliphatic rings. The molecule has 0 heterocycles. The van der Waals surface area contributed by atoms with Gasteiger partial charge in [-0.15, -0.1) is 0 Å². The van der Waals surface area contributed by atoms with Gasteiger partial charge in [-0.1, -0.05) is 25.7 Å². The SMILES string of the molecule is NC1CC(C2CCCC2)C1. The van der Waals surface area contributed by atoms with Crippen LogP contribution in [-0.4, -0.2) is 6.04 Å². The van der Waals surface area contributed by atoms with E-state index in [1.807, 2.05) is 0 Å². The fourth-order valence-corrected chi connectivity index (χ4v) is 2.52. The average Bonchev–Trinajstić information content (AvgIpc) is 2.31. The molecule has 0 aliphatic heterocycles. The maximum Gasteiger partial charge on any atom is 0.00443 e. The van der Waals surface area contributed by atoms with Gasteiger partial charge in [0.25, 0.3) is 0 Å². The van der Waals surface area contributed by atoms with Crippen molar-refractivity contribution in [2.24, 2.45) is 17.6 Å². The molecule has 10 heavy (non-hydrogen) atoms. The van der Waals surface area contributed by atoms with E-state index in [-0.39, 0.29) is 0 Å². The largest absolute Gasteiger partial charge is 0.328 e. The zero-order chi connectivity index (χ0) is 6.97. The summed E-state index contributed by atoms with van der Waals surface area (Å²) >= 11 is 0. The molecule has 0 amide bonds. The molecule has 0 atom stereocenters. The van der Waals surface area contributed by atoms with E-state index >= 15 is 0 Å². The summed E-state index contributed by atoms with van der Waals surface area (Å²) in [5.74, 6) is 2.09. The first-order valence-electron chi connectivity index (χ1n) is 4.62. The Morgan fingerprint density at radius 3 is 2.00 bits per heavy atom. The lowest BCUT2D eigenvalue weighted by molar-refractivity contribution is 0.178. The summed E-state index contributed by atoms with van der Waals surface area (Å²) < 4.78 is 0. The first-order valence-corrected chi connectivity index (χ1v) is 4.62. The molecule has 2 saturated carbocycles. The Hall–Kier alpha value is -0.0400. The highest BCUT2D eigenvalue weighted by molar-refractivity contribution is 4.88. The van der Waals surface area contributed by atoms with Crippen LogP contribution in [0.3, 0.4) is 0 Å². The first-order chi connectivity index (χ1) is 4.86. The van der Waals surface area contributed by atoms with Gasteiger partial charge in [-0.2, -0.15) is 0 Å². The highest BCUT2D eigenvalue weighted by Gasteiger charge is 2.33. The van der Waals surface area contributed by atoms with Crippen LogP contribution in [0.5, 0.6) is 0 Å². The molecule has 0 aromatic heterocycles. The molecule has 58 valence electrons. The van der Waals surface area contributed by atoms with Crippen LogP contribution in [0.15, 0.2) is 0 Å². The van der Waals surface area contributed by atoms with Crippen LogP contribution in [0, 0.1) is 11.8 Å². The topological polar surface area (TPSA) is 26.0 Å². The van der Waals surface area contributed by atoms with Crippen molar-refractivity contribution in [1.29, 1.82) is 0 Å². The van der Waals surface area contributed by atoms with Crippen LogP contribution < -0.4 is 5.73 Å². The summed E-state index contributed by atoms with van der Waals surface area (Å²) in [5, 5.41) is 0. The quantitative estimate of drug-likeness (QED) is 0.590. The standard InChI is InChI=1S/C9H17N/c10-9-5-8(6-9)7-3-1-2-4-7/h7-9H,1-6,10H2. The molecule has 0 aromatic carbocycles. The van der Waals surface area contributed by atoms with Crippen LogP contribution >= 0.6 is 0 Å². The summed E-state index contributed by atoms with van der Waals surface area (Å²) in [4.78, 5) is 0. The second kappa shape index (κ2) is 2.54. The van der Waals surface area contributed by atoms with E-state index in [1.54, 1.807) is 0 Å². The Balaban J connectivity index is 1.78. The van der Waals surface area contributed by atoms with Gasteiger partial charge in [0, 0.05) is 6.04 Å². The van der Waals surface area contributed by atoms with E-state index in [0.29, 0.717) is 6.04 Å². The Labute approximate surface area is 63.0 Å². The maximum atomic E-state index is 5.74. The van der Waals surface area contributed by atoms with E-state index in [4.69, 9.17) is 5.73 Å². The van der Waals surface area contributed by atoms with Crippen LogP contribution in [0.4, 0.5) is 0 Å². The first kappa shape index (κ1) is 6.66. The van der Waals surface area contributed by atoms with Crippen molar-refractivity contribution in [1.82, 2.24) is 0 Å². The third kappa shape index (κ3) is 1.07. The molecule has 2 aliphatic carbocycles. The minimum atomic E-state index is 0.561. The zero-order valence-electron chi connectivity index (χ0n) is 6.55. The highest BCUT2D eigenvalue weighted by Crippen LogP contribution is 2.41. The predicted molar refractivity (Wildman–Crippen MR) is 42.7 cm³/mol. The van der Waals surface area contributed by atoms with Crippen molar-refractivity contribution in [3.8, 4) is 0 Å². The van der Waals surface area contributed by atoms with Gasteiger partial charge >= 0.3 is 0 Å². The van der Waals surface area contributed by atoms with E-state index in [2.05, 4.69) is 0 Å². The number of rotatable bonds is 1. The molecule has 0 radical (unpaired) electrons. The molecule has 0 spiro atoms. The zero-order valence-corrected chi connectivity index (χ0v) is 6.55. The molecule has 0 bridgehead atoms. The summed E-state index contributed by atoms with van der Waals surface area (Å²) in [6.45, 7) is 0. The van der Waals surface area contributed by atoms with Crippen molar-refractivity contribution >= 4 is 0 Å². The maximum absolute atomic E-state index is 5.74. The van der Waals surface area contributed by atoms with Gasteiger partial charge in [-0.3, -0.25) is 0 Å². The van der Waals surface area contributed by atoms with E-state index in [1.165, 1.54) is 38.5 Å². The van der Waals surface area contributed by atoms with Gasteiger partial charge < -0.3 is 5.73 Å². The van der Waals surface area contributed by atoms with Crippen LogP contribution in [0.2, 0.25) is 0 Å². The van der Waals surface area contributed by atoms with Gasteiger partial charge in [0.2, 0.25) is 0 Å². The summed E-state index contributed by atoms with van der Waals surface area (Å²) in [5.41, 5.74) is 5.74. The van der Waals surface area contributed by atoms with Gasteiger partial charge in [0.05, 0.1) is 0 Å². The lowest BCUT2D eigenvalue weighted by Crippen LogP contribution is -2.39. The van der Waals surface area contributed by atoms with Gasteiger partial charge in [0.15, 0.2) is 0 Å². The Morgan fingerprint density at radius 2 is 1.50 bits per heavy atom. The molecular weight excluding hydrogens is 122 g/mol. The Morgan fingerprint density at radius 1 is 0.900 bits per heavy atom. The van der Waals surface area contributed by atoms with Crippen LogP contribution in [-0.2, 0) is 0 Å². The fourth-order valence-electron chi connectivity index (χ4n) is 2.52. The molecule has 1 nitrogen and oxygen atoms in total. The lowest BCUT2D eigenvalue weighted by Gasteiger charge is -2.36. The third-order valence-corrected chi connectivity index (χ3v) is 3.28. The summed E-state index contributed by atoms with van der Waals surface area (Å²) in [6.07, 6.45) is 8.61. The molecule has 2 fully saturated rings. The second-order valence-corrected chi connectivity index (χ2v) is 4.04. The van der Waals surface area contributed by atoms with Crippen LogP contribution in [0.25, 0.3) is 0 Å². The van der Waals surface area contributed by atoms with Crippen molar-refractivity contribution in [2.45, 2.75) is 44.6 Å². The van der Waals surface area contributed by atoms with Gasteiger partial charge in [-0.05, 0) is 24.7 Å². The molecule has 2 N–H and O–H groups in total.